The van der Waals surface area contributed by atoms with Crippen molar-refractivity contribution in [2.45, 2.75) is 25.7 Å². The zero-order chi connectivity index (χ0) is 22.9. The Morgan fingerprint density at radius 2 is 2.00 bits per heavy atom. The van der Waals surface area contributed by atoms with Crippen molar-refractivity contribution in [3.63, 3.8) is 0 Å². The Morgan fingerprint density at radius 3 is 2.73 bits per heavy atom. The predicted molar refractivity (Wildman–Crippen MR) is 129 cm³/mol. The van der Waals surface area contributed by atoms with Crippen molar-refractivity contribution >= 4 is 29.1 Å². The van der Waals surface area contributed by atoms with E-state index in [1.165, 1.54) is 0 Å². The molecule has 1 aliphatic carbocycles. The second-order valence-electron chi connectivity index (χ2n) is 7.87. The van der Waals surface area contributed by atoms with Crippen LogP contribution in [-0.2, 0) is 6.42 Å². The number of anilines is 3. The molecule has 0 fully saturated rings. The summed E-state index contributed by atoms with van der Waals surface area (Å²) in [5.74, 6) is 2.84. The number of methoxy groups -OCH3 is 1. The number of hydrogen-bond donors (Lipinski definition) is 2. The summed E-state index contributed by atoms with van der Waals surface area (Å²) >= 11 is 6.51. The first kappa shape index (κ1) is 21.2. The van der Waals surface area contributed by atoms with Crippen molar-refractivity contribution in [2.24, 2.45) is 0 Å². The SMILES string of the molecule is CNc1nc(Nc2ccc(-n3cnc(C)n3)c(OC)c2)nc2c1CC[C@@H]2c1ccccc1Cl. The fraction of sp³-hybridized carbons (Fsp3) is 0.250. The fourth-order valence-electron chi connectivity index (χ4n) is 4.32. The molecular formula is C24H24ClN7O. The molecule has 1 atom stereocenters. The number of nitrogens with one attached hydrogen (secondary N) is 2. The van der Waals surface area contributed by atoms with Crippen molar-refractivity contribution in [3.05, 3.63) is 76.5 Å². The highest BCUT2D eigenvalue weighted by atomic mass is 35.5. The van der Waals surface area contributed by atoms with E-state index in [0.29, 0.717) is 17.5 Å². The van der Waals surface area contributed by atoms with E-state index < -0.39 is 0 Å². The molecule has 168 valence electrons. The molecule has 0 bridgehead atoms. The first-order valence-corrected chi connectivity index (χ1v) is 11.1. The quantitative estimate of drug-likeness (QED) is 0.422. The standard InChI is InChI=1S/C24H24ClN7O/c1-14-27-13-32(31-14)20-11-8-15(12-21(20)33-3)28-24-29-22-17(16-6-4-5-7-19(16)25)9-10-18(22)23(26-2)30-24/h4-8,11-13,17H,9-10H2,1-3H3,(H2,26,28,29,30)/t17-/m1/s1. The zero-order valence-corrected chi connectivity index (χ0v) is 19.4. The lowest BCUT2D eigenvalue weighted by molar-refractivity contribution is 0.412. The van der Waals surface area contributed by atoms with Gasteiger partial charge in [0.05, 0.1) is 12.8 Å². The third-order valence-corrected chi connectivity index (χ3v) is 6.20. The normalized spacial score (nSPS) is 14.7. The average Bonchev–Trinajstić information content (AvgIpc) is 3.45. The molecule has 33 heavy (non-hydrogen) atoms. The molecule has 1 aliphatic rings. The Balaban J connectivity index is 1.50. The molecule has 2 N–H and O–H groups in total. The van der Waals surface area contributed by atoms with Gasteiger partial charge in [0.2, 0.25) is 5.95 Å². The third-order valence-electron chi connectivity index (χ3n) is 5.86. The highest BCUT2D eigenvalue weighted by Crippen LogP contribution is 2.42. The summed E-state index contributed by atoms with van der Waals surface area (Å²) in [7, 11) is 3.51. The number of hydrogen-bond acceptors (Lipinski definition) is 7. The van der Waals surface area contributed by atoms with Crippen molar-refractivity contribution in [1.29, 1.82) is 0 Å². The van der Waals surface area contributed by atoms with Crippen molar-refractivity contribution < 1.29 is 4.74 Å². The predicted octanol–water partition coefficient (Wildman–Crippen LogP) is 4.89. The van der Waals surface area contributed by atoms with E-state index in [4.69, 9.17) is 26.3 Å². The average molecular weight is 462 g/mol. The Labute approximate surface area is 197 Å². The second-order valence-corrected chi connectivity index (χ2v) is 8.28. The van der Waals surface area contributed by atoms with Crippen LogP contribution in [0.5, 0.6) is 5.75 Å². The number of ether oxygens (including phenoxy) is 1. The number of rotatable bonds is 6. The monoisotopic (exact) mass is 461 g/mol. The Kier molecular flexibility index (Phi) is 5.60. The molecular weight excluding hydrogens is 438 g/mol. The van der Waals surface area contributed by atoms with Crippen LogP contribution in [0, 0.1) is 6.92 Å². The van der Waals surface area contributed by atoms with Crippen LogP contribution in [0.3, 0.4) is 0 Å². The summed E-state index contributed by atoms with van der Waals surface area (Å²) < 4.78 is 7.29. The maximum Gasteiger partial charge on any atom is 0.229 e. The van der Waals surface area contributed by atoms with E-state index in [0.717, 1.165) is 51.9 Å². The lowest BCUT2D eigenvalue weighted by Gasteiger charge is -2.16. The van der Waals surface area contributed by atoms with Gasteiger partial charge in [-0.1, -0.05) is 29.8 Å². The van der Waals surface area contributed by atoms with E-state index in [-0.39, 0.29) is 5.92 Å². The molecule has 0 saturated heterocycles. The van der Waals surface area contributed by atoms with Crippen molar-refractivity contribution in [1.82, 2.24) is 24.7 Å². The smallest absolute Gasteiger partial charge is 0.229 e. The summed E-state index contributed by atoms with van der Waals surface area (Å²) in [6, 6.07) is 13.7. The molecule has 8 nitrogen and oxygen atoms in total. The summed E-state index contributed by atoms with van der Waals surface area (Å²) in [6.45, 7) is 1.85. The van der Waals surface area contributed by atoms with Crippen LogP contribution in [0.1, 0.15) is 35.0 Å². The maximum absolute atomic E-state index is 6.51. The minimum absolute atomic E-state index is 0.136. The Hall–Kier alpha value is -3.65. The summed E-state index contributed by atoms with van der Waals surface area (Å²) in [6.07, 6.45) is 3.52. The molecule has 2 aromatic heterocycles. The van der Waals surface area contributed by atoms with Crippen LogP contribution in [-0.4, -0.2) is 38.9 Å². The summed E-state index contributed by atoms with van der Waals surface area (Å²) in [4.78, 5) is 13.8. The summed E-state index contributed by atoms with van der Waals surface area (Å²) in [5.41, 5.74) is 4.85. The number of aromatic nitrogens is 5. The van der Waals surface area contributed by atoms with Crippen LogP contribution in [0.4, 0.5) is 17.5 Å². The van der Waals surface area contributed by atoms with Crippen LogP contribution in [0.25, 0.3) is 5.69 Å². The van der Waals surface area contributed by atoms with Gasteiger partial charge in [-0.2, -0.15) is 10.1 Å². The molecule has 0 saturated carbocycles. The largest absolute Gasteiger partial charge is 0.494 e. The number of benzene rings is 2. The second kappa shape index (κ2) is 8.71. The number of aryl methyl sites for hydroxylation is 1. The van der Waals surface area contributed by atoms with Gasteiger partial charge in [-0.3, -0.25) is 0 Å². The van der Waals surface area contributed by atoms with Crippen molar-refractivity contribution in [3.8, 4) is 11.4 Å². The zero-order valence-electron chi connectivity index (χ0n) is 18.6. The van der Waals surface area contributed by atoms with E-state index in [2.05, 4.69) is 26.8 Å². The van der Waals surface area contributed by atoms with Gasteiger partial charge in [0.15, 0.2) is 0 Å². The lowest BCUT2D eigenvalue weighted by atomic mass is 9.96. The van der Waals surface area contributed by atoms with Gasteiger partial charge in [-0.05, 0) is 43.5 Å². The molecule has 0 spiro atoms. The number of halogens is 1. The van der Waals surface area contributed by atoms with E-state index in [1.807, 2.05) is 50.4 Å². The van der Waals surface area contributed by atoms with E-state index in [1.54, 1.807) is 18.1 Å². The molecule has 0 amide bonds. The van der Waals surface area contributed by atoms with Gasteiger partial charge < -0.3 is 15.4 Å². The third kappa shape index (κ3) is 3.98. The molecule has 2 heterocycles. The van der Waals surface area contributed by atoms with E-state index >= 15 is 0 Å². The molecule has 0 aliphatic heterocycles. The highest BCUT2D eigenvalue weighted by Gasteiger charge is 2.30. The number of fused-ring (bicyclic) bond motifs is 1. The van der Waals surface area contributed by atoms with Crippen LogP contribution in [0.2, 0.25) is 5.02 Å². The number of nitrogens with zero attached hydrogens (tertiary/aromatic N) is 5. The lowest BCUT2D eigenvalue weighted by Crippen LogP contribution is -2.08. The first-order chi connectivity index (χ1) is 16.1. The highest BCUT2D eigenvalue weighted by molar-refractivity contribution is 6.31. The first-order valence-electron chi connectivity index (χ1n) is 10.7. The van der Waals surface area contributed by atoms with Crippen molar-refractivity contribution in [2.75, 3.05) is 24.8 Å². The minimum atomic E-state index is 0.136. The molecule has 2 aromatic carbocycles. The van der Waals surface area contributed by atoms with Crippen LogP contribution >= 0.6 is 11.6 Å². The molecule has 9 heteroatoms. The molecule has 5 rings (SSSR count). The van der Waals surface area contributed by atoms with Gasteiger partial charge in [-0.25, -0.2) is 14.6 Å². The van der Waals surface area contributed by atoms with Crippen LogP contribution in [0.15, 0.2) is 48.8 Å². The summed E-state index contributed by atoms with van der Waals surface area (Å²) in [5, 5.41) is 11.7. The maximum atomic E-state index is 6.51. The topological polar surface area (TPSA) is 89.8 Å². The minimum Gasteiger partial charge on any atom is -0.494 e. The molecule has 0 unspecified atom stereocenters. The van der Waals surface area contributed by atoms with Crippen LogP contribution < -0.4 is 15.4 Å². The van der Waals surface area contributed by atoms with E-state index in [9.17, 15) is 0 Å². The van der Waals surface area contributed by atoms with Gasteiger partial charge in [0, 0.05) is 35.3 Å². The van der Waals surface area contributed by atoms with Gasteiger partial charge >= 0.3 is 0 Å². The fourth-order valence-corrected chi connectivity index (χ4v) is 4.59. The Morgan fingerprint density at radius 1 is 1.15 bits per heavy atom. The molecule has 4 aromatic rings. The Bertz CT molecular complexity index is 1320. The van der Waals surface area contributed by atoms with Gasteiger partial charge in [0.1, 0.15) is 29.4 Å². The molecule has 0 radical (unpaired) electrons. The van der Waals surface area contributed by atoms with Gasteiger partial charge in [0.25, 0.3) is 0 Å². The van der Waals surface area contributed by atoms with Gasteiger partial charge in [-0.15, -0.1) is 0 Å².